The first-order chi connectivity index (χ1) is 16.6. The van der Waals surface area contributed by atoms with Crippen molar-refractivity contribution in [3.05, 3.63) is 48.0 Å². The number of hydrogen-bond acceptors (Lipinski definition) is 5. The van der Waals surface area contributed by atoms with Gasteiger partial charge in [-0.1, -0.05) is 63.3 Å². The zero-order valence-corrected chi connectivity index (χ0v) is 21.6. The number of rotatable bonds is 6. The predicted molar refractivity (Wildman–Crippen MR) is 136 cm³/mol. The molecule has 0 aromatic heterocycles. The summed E-state index contributed by atoms with van der Waals surface area (Å²) in [6.45, 7) is 7.59. The molecule has 7 nitrogen and oxygen atoms in total. The number of allylic oxidation sites excluding steroid dienone is 2. The van der Waals surface area contributed by atoms with Crippen molar-refractivity contribution in [1.29, 1.82) is 0 Å². The minimum absolute atomic E-state index is 0.0241. The molecule has 1 aromatic carbocycles. The molecule has 0 bridgehead atoms. The highest BCUT2D eigenvalue weighted by atomic mass is 16.5. The summed E-state index contributed by atoms with van der Waals surface area (Å²) in [5, 5.41) is 15.0. The number of aliphatic hydroxyl groups is 1. The van der Waals surface area contributed by atoms with Crippen molar-refractivity contribution < 1.29 is 24.2 Å². The fraction of sp³-hybridized carbons (Fsp3) is 0.607. The van der Waals surface area contributed by atoms with Crippen molar-refractivity contribution >= 4 is 17.8 Å². The molecule has 3 N–H and O–H groups in total. The van der Waals surface area contributed by atoms with Gasteiger partial charge in [-0.2, -0.15) is 0 Å². The van der Waals surface area contributed by atoms with Crippen LogP contribution in [0.1, 0.15) is 65.4 Å². The van der Waals surface area contributed by atoms with Gasteiger partial charge in [-0.25, -0.2) is 0 Å². The maximum atomic E-state index is 13.2. The summed E-state index contributed by atoms with van der Waals surface area (Å²) in [5.41, 5.74) is 0.749. The van der Waals surface area contributed by atoms with Crippen molar-refractivity contribution in [3.63, 3.8) is 0 Å². The van der Waals surface area contributed by atoms with E-state index in [9.17, 15) is 19.5 Å². The number of hydrogen-bond donors (Lipinski definition) is 3. The summed E-state index contributed by atoms with van der Waals surface area (Å²) in [6.07, 6.45) is 7.40. The van der Waals surface area contributed by atoms with Gasteiger partial charge in [0.15, 0.2) is 0 Å². The van der Waals surface area contributed by atoms with Crippen molar-refractivity contribution in [2.24, 2.45) is 17.3 Å². The summed E-state index contributed by atoms with van der Waals surface area (Å²) in [7, 11) is 0. The smallest absolute Gasteiger partial charge is 0.309 e. The molecular weight excluding hydrogens is 444 g/mol. The van der Waals surface area contributed by atoms with Gasteiger partial charge in [-0.05, 0) is 50.0 Å². The SMILES string of the molecule is C[C@@H](CO)NC(=O)C[C@H]1CC=CCCC[C@H](Cc2ccccc2)C(=O)OC[C@H](C(C)(C)C)NC1=O. The van der Waals surface area contributed by atoms with Crippen LogP contribution in [0, 0.1) is 17.3 Å². The number of benzene rings is 1. The molecule has 7 heteroatoms. The van der Waals surface area contributed by atoms with Crippen LogP contribution in [-0.2, 0) is 25.5 Å². The second-order valence-electron chi connectivity index (χ2n) is 10.6. The fourth-order valence-electron chi connectivity index (χ4n) is 4.03. The Bertz CT molecular complexity index is 847. The number of ether oxygens (including phenoxy) is 1. The van der Waals surface area contributed by atoms with E-state index < -0.39 is 12.0 Å². The predicted octanol–water partition coefficient (Wildman–Crippen LogP) is 3.55. The monoisotopic (exact) mass is 486 g/mol. The van der Waals surface area contributed by atoms with E-state index in [0.717, 1.165) is 24.8 Å². The van der Waals surface area contributed by atoms with Gasteiger partial charge in [0.1, 0.15) is 6.61 Å². The molecule has 2 rings (SSSR count). The average Bonchev–Trinajstić information content (AvgIpc) is 2.81. The van der Waals surface area contributed by atoms with Crippen LogP contribution in [0.25, 0.3) is 0 Å². The van der Waals surface area contributed by atoms with Crippen LogP contribution in [0.5, 0.6) is 0 Å². The molecule has 194 valence electrons. The van der Waals surface area contributed by atoms with Gasteiger partial charge < -0.3 is 20.5 Å². The highest BCUT2D eigenvalue weighted by molar-refractivity contribution is 5.86. The van der Waals surface area contributed by atoms with Gasteiger partial charge in [0.05, 0.1) is 24.5 Å². The molecule has 0 saturated carbocycles. The van der Waals surface area contributed by atoms with Crippen LogP contribution in [0.3, 0.4) is 0 Å². The quantitative estimate of drug-likeness (QED) is 0.421. The lowest BCUT2D eigenvalue weighted by Crippen LogP contribution is -2.50. The Labute approximate surface area is 209 Å². The largest absolute Gasteiger partial charge is 0.463 e. The van der Waals surface area contributed by atoms with E-state index in [4.69, 9.17) is 4.74 Å². The van der Waals surface area contributed by atoms with Gasteiger partial charge >= 0.3 is 5.97 Å². The minimum Gasteiger partial charge on any atom is -0.463 e. The van der Waals surface area contributed by atoms with Crippen LogP contribution in [-0.4, -0.2) is 48.2 Å². The van der Waals surface area contributed by atoms with E-state index in [-0.39, 0.29) is 54.8 Å². The van der Waals surface area contributed by atoms with Crippen LogP contribution in [0.15, 0.2) is 42.5 Å². The van der Waals surface area contributed by atoms with E-state index >= 15 is 0 Å². The molecule has 0 fully saturated rings. The Balaban J connectivity index is 2.18. The Morgan fingerprint density at radius 2 is 1.89 bits per heavy atom. The molecule has 0 unspecified atom stereocenters. The van der Waals surface area contributed by atoms with Crippen molar-refractivity contribution in [3.8, 4) is 0 Å². The maximum Gasteiger partial charge on any atom is 0.309 e. The number of nitrogens with one attached hydrogen (secondary N) is 2. The Morgan fingerprint density at radius 1 is 1.17 bits per heavy atom. The fourth-order valence-corrected chi connectivity index (χ4v) is 4.03. The molecular formula is C28H42N2O5. The van der Waals surface area contributed by atoms with Crippen molar-refractivity contribution in [2.75, 3.05) is 13.2 Å². The highest BCUT2D eigenvalue weighted by Gasteiger charge is 2.32. The van der Waals surface area contributed by atoms with E-state index in [1.165, 1.54) is 0 Å². The number of carbonyl (C=O) groups is 3. The number of carbonyl (C=O) groups excluding carboxylic acids is 3. The molecule has 0 aliphatic carbocycles. The molecule has 1 aliphatic rings. The van der Waals surface area contributed by atoms with E-state index in [1.807, 2.05) is 63.3 Å². The molecule has 2 amide bonds. The lowest BCUT2D eigenvalue weighted by molar-refractivity contribution is -0.151. The standard InChI is InChI=1S/C28H42N2O5/c1-20(18-31)29-25(32)17-22-14-10-5-6-11-15-23(16-21-12-8-7-9-13-21)27(34)35-19-24(28(2,3)4)30-26(22)33/h5,7-10,12-13,20,22-24,31H,6,11,14-19H2,1-4H3,(H,29,32)(H,30,33)/t20-,22+,23+,24+/m0/s1. The van der Waals surface area contributed by atoms with Crippen LogP contribution in [0.2, 0.25) is 0 Å². The number of aliphatic hydroxyl groups excluding tert-OH is 1. The van der Waals surface area contributed by atoms with Crippen molar-refractivity contribution in [2.45, 2.75) is 78.3 Å². The second kappa shape index (κ2) is 14.0. The molecule has 1 aliphatic heterocycles. The topological polar surface area (TPSA) is 105 Å². The molecule has 1 aromatic rings. The van der Waals surface area contributed by atoms with Gasteiger partial charge in [0.25, 0.3) is 0 Å². The van der Waals surface area contributed by atoms with Crippen molar-refractivity contribution in [1.82, 2.24) is 10.6 Å². The molecule has 1 heterocycles. The summed E-state index contributed by atoms with van der Waals surface area (Å²) in [6, 6.07) is 9.18. The normalized spacial score (nSPS) is 23.5. The third-order valence-corrected chi connectivity index (χ3v) is 6.41. The molecule has 0 spiro atoms. The minimum atomic E-state index is -0.550. The van der Waals surface area contributed by atoms with E-state index in [1.54, 1.807) is 6.92 Å². The van der Waals surface area contributed by atoms with Crippen LogP contribution in [0.4, 0.5) is 0 Å². The second-order valence-corrected chi connectivity index (χ2v) is 10.6. The zero-order valence-electron chi connectivity index (χ0n) is 21.6. The summed E-state index contributed by atoms with van der Waals surface area (Å²) >= 11 is 0. The molecule has 0 radical (unpaired) electrons. The van der Waals surface area contributed by atoms with Gasteiger partial charge in [0.2, 0.25) is 11.8 Å². The molecule has 4 atom stereocenters. The Hall–Kier alpha value is -2.67. The number of esters is 1. The number of amides is 2. The summed E-state index contributed by atoms with van der Waals surface area (Å²) in [5.74, 6) is -1.55. The maximum absolute atomic E-state index is 13.2. The van der Waals surface area contributed by atoms with E-state index in [0.29, 0.717) is 12.8 Å². The first-order valence-corrected chi connectivity index (χ1v) is 12.7. The first-order valence-electron chi connectivity index (χ1n) is 12.7. The molecule has 0 saturated heterocycles. The lowest BCUT2D eigenvalue weighted by Gasteiger charge is -2.33. The Kier molecular flexibility index (Phi) is 11.4. The van der Waals surface area contributed by atoms with Gasteiger partial charge in [0, 0.05) is 12.5 Å². The summed E-state index contributed by atoms with van der Waals surface area (Å²) in [4.78, 5) is 38.7. The zero-order chi connectivity index (χ0) is 25.8. The highest BCUT2D eigenvalue weighted by Crippen LogP contribution is 2.24. The van der Waals surface area contributed by atoms with Gasteiger partial charge in [-0.15, -0.1) is 0 Å². The third-order valence-electron chi connectivity index (χ3n) is 6.41. The number of cyclic esters (lactones) is 1. The Morgan fingerprint density at radius 3 is 2.54 bits per heavy atom. The third kappa shape index (κ3) is 10.2. The van der Waals surface area contributed by atoms with Gasteiger partial charge in [-0.3, -0.25) is 14.4 Å². The van der Waals surface area contributed by atoms with Crippen LogP contribution >= 0.6 is 0 Å². The average molecular weight is 487 g/mol. The van der Waals surface area contributed by atoms with E-state index in [2.05, 4.69) is 10.6 Å². The molecule has 35 heavy (non-hydrogen) atoms. The van der Waals surface area contributed by atoms with Crippen LogP contribution < -0.4 is 10.6 Å². The lowest BCUT2D eigenvalue weighted by atomic mass is 9.86. The summed E-state index contributed by atoms with van der Waals surface area (Å²) < 4.78 is 5.76. The first kappa shape index (κ1) is 28.6.